The lowest BCUT2D eigenvalue weighted by Crippen LogP contribution is -2.34. The van der Waals surface area contributed by atoms with Gasteiger partial charge in [0.2, 0.25) is 5.91 Å². The number of aromatic nitrogens is 1. The van der Waals surface area contributed by atoms with Crippen LogP contribution >= 0.6 is 0 Å². The first-order valence-corrected chi connectivity index (χ1v) is 5.20. The number of carbonyl (C=O) groups excluding carboxylic acids is 1. The van der Waals surface area contributed by atoms with Gasteiger partial charge in [-0.2, -0.15) is 0 Å². The molecule has 1 rings (SSSR count). The Hall–Kier alpha value is -1.58. The fourth-order valence-electron chi connectivity index (χ4n) is 1.12. The van der Waals surface area contributed by atoms with E-state index in [0.29, 0.717) is 6.54 Å². The SMILES string of the molecule is COc1ccnc(CNC(=O)C(C)(C)C)c1. The third-order valence-corrected chi connectivity index (χ3v) is 2.13. The van der Waals surface area contributed by atoms with E-state index in [1.807, 2.05) is 26.8 Å². The van der Waals surface area contributed by atoms with Gasteiger partial charge in [-0.1, -0.05) is 20.8 Å². The first kappa shape index (κ1) is 12.5. The lowest BCUT2D eigenvalue weighted by atomic mass is 9.96. The highest BCUT2D eigenvalue weighted by atomic mass is 16.5. The lowest BCUT2D eigenvalue weighted by Gasteiger charge is -2.17. The number of nitrogens with one attached hydrogen (secondary N) is 1. The highest BCUT2D eigenvalue weighted by Crippen LogP contribution is 2.13. The van der Waals surface area contributed by atoms with Crippen LogP contribution in [-0.4, -0.2) is 18.0 Å². The molecule has 0 bridgehead atoms. The van der Waals surface area contributed by atoms with Crippen molar-refractivity contribution in [3.05, 3.63) is 24.0 Å². The molecule has 4 nitrogen and oxygen atoms in total. The zero-order chi connectivity index (χ0) is 12.2. The molecule has 1 N–H and O–H groups in total. The second kappa shape index (κ2) is 4.96. The normalized spacial score (nSPS) is 11.0. The second-order valence-corrected chi connectivity index (χ2v) is 4.62. The summed E-state index contributed by atoms with van der Waals surface area (Å²) in [6.07, 6.45) is 1.66. The zero-order valence-electron chi connectivity index (χ0n) is 10.2. The Balaban J connectivity index is 2.58. The third kappa shape index (κ3) is 3.53. The molecule has 0 fully saturated rings. The lowest BCUT2D eigenvalue weighted by molar-refractivity contribution is -0.128. The maximum absolute atomic E-state index is 11.6. The van der Waals surface area contributed by atoms with E-state index < -0.39 is 0 Å². The molecule has 1 aromatic rings. The van der Waals surface area contributed by atoms with E-state index in [0.717, 1.165) is 11.4 Å². The summed E-state index contributed by atoms with van der Waals surface area (Å²) in [6.45, 7) is 6.05. The molecule has 4 heteroatoms. The number of hydrogen-bond donors (Lipinski definition) is 1. The fourth-order valence-corrected chi connectivity index (χ4v) is 1.12. The summed E-state index contributed by atoms with van der Waals surface area (Å²) in [4.78, 5) is 15.8. The molecular weight excluding hydrogens is 204 g/mol. The molecule has 88 valence electrons. The standard InChI is InChI=1S/C12H18N2O2/c1-12(2,3)11(15)14-8-9-7-10(16-4)5-6-13-9/h5-7H,8H2,1-4H3,(H,14,15). The number of hydrogen-bond acceptors (Lipinski definition) is 3. The number of ether oxygens (including phenoxy) is 1. The zero-order valence-corrected chi connectivity index (χ0v) is 10.2. The number of pyridine rings is 1. The van der Waals surface area contributed by atoms with Crippen LogP contribution in [0.1, 0.15) is 26.5 Å². The van der Waals surface area contributed by atoms with E-state index in [9.17, 15) is 4.79 Å². The molecule has 0 atom stereocenters. The number of carbonyl (C=O) groups is 1. The number of methoxy groups -OCH3 is 1. The molecule has 0 saturated carbocycles. The molecule has 16 heavy (non-hydrogen) atoms. The molecule has 0 aliphatic carbocycles. The average Bonchev–Trinajstić information content (AvgIpc) is 2.25. The van der Waals surface area contributed by atoms with Crippen molar-refractivity contribution >= 4 is 5.91 Å². The average molecular weight is 222 g/mol. The van der Waals surface area contributed by atoms with Crippen LogP contribution in [0.25, 0.3) is 0 Å². The van der Waals surface area contributed by atoms with Gasteiger partial charge in [0.1, 0.15) is 5.75 Å². The molecule has 0 radical (unpaired) electrons. The van der Waals surface area contributed by atoms with Gasteiger partial charge >= 0.3 is 0 Å². The topological polar surface area (TPSA) is 51.2 Å². The highest BCUT2D eigenvalue weighted by Gasteiger charge is 2.20. The highest BCUT2D eigenvalue weighted by molar-refractivity contribution is 5.81. The Morgan fingerprint density at radius 1 is 1.50 bits per heavy atom. The first-order chi connectivity index (χ1) is 7.43. The van der Waals surface area contributed by atoms with Crippen LogP contribution in [0.5, 0.6) is 5.75 Å². The minimum atomic E-state index is -0.376. The van der Waals surface area contributed by atoms with Crippen molar-refractivity contribution < 1.29 is 9.53 Å². The third-order valence-electron chi connectivity index (χ3n) is 2.13. The van der Waals surface area contributed by atoms with Gasteiger partial charge in [0, 0.05) is 17.7 Å². The maximum atomic E-state index is 11.6. The predicted octanol–water partition coefficient (Wildman–Crippen LogP) is 1.75. The maximum Gasteiger partial charge on any atom is 0.225 e. The van der Waals surface area contributed by atoms with E-state index in [1.54, 1.807) is 19.4 Å². The van der Waals surface area contributed by atoms with Crippen LogP contribution in [0.2, 0.25) is 0 Å². The number of amides is 1. The number of rotatable bonds is 3. The molecular formula is C12H18N2O2. The Labute approximate surface area is 96.0 Å². The monoisotopic (exact) mass is 222 g/mol. The van der Waals surface area contributed by atoms with Crippen molar-refractivity contribution in [3.8, 4) is 5.75 Å². The summed E-state index contributed by atoms with van der Waals surface area (Å²) in [7, 11) is 1.60. The molecule has 0 spiro atoms. The molecule has 0 aliphatic rings. The number of nitrogens with zero attached hydrogens (tertiary/aromatic N) is 1. The van der Waals surface area contributed by atoms with Gasteiger partial charge in [-0.3, -0.25) is 9.78 Å². The molecule has 1 amide bonds. The molecule has 0 aromatic carbocycles. The van der Waals surface area contributed by atoms with Gasteiger partial charge in [-0.15, -0.1) is 0 Å². The van der Waals surface area contributed by atoms with Crippen molar-refractivity contribution in [2.24, 2.45) is 5.41 Å². The van der Waals surface area contributed by atoms with E-state index in [1.165, 1.54) is 0 Å². The van der Waals surface area contributed by atoms with Gasteiger partial charge < -0.3 is 10.1 Å². The van der Waals surface area contributed by atoms with Crippen LogP contribution in [0, 0.1) is 5.41 Å². The Morgan fingerprint density at radius 2 is 2.19 bits per heavy atom. The smallest absolute Gasteiger partial charge is 0.225 e. The second-order valence-electron chi connectivity index (χ2n) is 4.62. The van der Waals surface area contributed by atoms with Crippen LogP contribution in [0.3, 0.4) is 0 Å². The van der Waals surface area contributed by atoms with Gasteiger partial charge in [0.15, 0.2) is 0 Å². The van der Waals surface area contributed by atoms with Crippen molar-refractivity contribution in [1.29, 1.82) is 0 Å². The summed E-state index contributed by atoms with van der Waals surface area (Å²) in [5.41, 5.74) is 0.413. The Bertz CT molecular complexity index is 370. The molecule has 1 aromatic heterocycles. The summed E-state index contributed by atoms with van der Waals surface area (Å²) in [5, 5.41) is 2.83. The molecule has 0 aliphatic heterocycles. The van der Waals surface area contributed by atoms with Crippen molar-refractivity contribution in [2.45, 2.75) is 27.3 Å². The van der Waals surface area contributed by atoms with E-state index >= 15 is 0 Å². The quantitative estimate of drug-likeness (QED) is 0.847. The molecule has 0 saturated heterocycles. The summed E-state index contributed by atoms with van der Waals surface area (Å²) in [5.74, 6) is 0.757. The van der Waals surface area contributed by atoms with Gasteiger partial charge in [0.05, 0.1) is 19.3 Å². The van der Waals surface area contributed by atoms with Crippen molar-refractivity contribution in [2.75, 3.05) is 7.11 Å². The molecule has 0 unspecified atom stereocenters. The summed E-state index contributed by atoms with van der Waals surface area (Å²) < 4.78 is 5.08. The van der Waals surface area contributed by atoms with E-state index in [2.05, 4.69) is 10.3 Å². The minimum Gasteiger partial charge on any atom is -0.497 e. The van der Waals surface area contributed by atoms with Gasteiger partial charge in [-0.25, -0.2) is 0 Å². The van der Waals surface area contributed by atoms with Crippen molar-refractivity contribution in [3.63, 3.8) is 0 Å². The van der Waals surface area contributed by atoms with E-state index in [4.69, 9.17) is 4.74 Å². The predicted molar refractivity (Wildman–Crippen MR) is 62.1 cm³/mol. The minimum absolute atomic E-state index is 0.0112. The summed E-state index contributed by atoms with van der Waals surface area (Å²) >= 11 is 0. The Morgan fingerprint density at radius 3 is 2.75 bits per heavy atom. The van der Waals surface area contributed by atoms with Crippen LogP contribution in [-0.2, 0) is 11.3 Å². The molecule has 1 heterocycles. The van der Waals surface area contributed by atoms with Gasteiger partial charge in [0.25, 0.3) is 0 Å². The van der Waals surface area contributed by atoms with Crippen LogP contribution in [0.15, 0.2) is 18.3 Å². The van der Waals surface area contributed by atoms with E-state index in [-0.39, 0.29) is 11.3 Å². The van der Waals surface area contributed by atoms with Crippen molar-refractivity contribution in [1.82, 2.24) is 10.3 Å². The van der Waals surface area contributed by atoms with Gasteiger partial charge in [-0.05, 0) is 6.07 Å². The first-order valence-electron chi connectivity index (χ1n) is 5.20. The van der Waals surface area contributed by atoms with Crippen LogP contribution in [0.4, 0.5) is 0 Å². The summed E-state index contributed by atoms with van der Waals surface area (Å²) in [6, 6.07) is 3.58. The fraction of sp³-hybridized carbons (Fsp3) is 0.500. The Kier molecular flexibility index (Phi) is 3.88. The van der Waals surface area contributed by atoms with Crippen LogP contribution < -0.4 is 10.1 Å². The largest absolute Gasteiger partial charge is 0.497 e.